The number of carboxylic acid groups (broad SMARTS) is 1. The Morgan fingerprint density at radius 1 is 0.897 bits per heavy atom. The maximum absolute atomic E-state index is 12.8. The number of rotatable bonds is 8. The molecule has 3 rings (SSSR count). The Morgan fingerprint density at radius 3 is 2.00 bits per heavy atom. The first-order valence-electron chi connectivity index (χ1n) is 8.84. The van der Waals surface area contributed by atoms with Gasteiger partial charge in [-0.15, -0.1) is 11.8 Å². The van der Waals surface area contributed by atoms with Gasteiger partial charge in [-0.2, -0.15) is 0 Å². The van der Waals surface area contributed by atoms with E-state index >= 15 is 0 Å². The zero-order valence-electron chi connectivity index (χ0n) is 15.4. The summed E-state index contributed by atoms with van der Waals surface area (Å²) in [6.45, 7) is 0. The molecule has 0 radical (unpaired) electrons. The number of carboxylic acids is 1. The van der Waals surface area contributed by atoms with Crippen molar-refractivity contribution in [3.05, 3.63) is 83.9 Å². The molecular weight excluding hydrogens is 428 g/mol. The molecule has 150 valence electrons. The molecule has 0 heterocycles. The lowest BCUT2D eigenvalue weighted by Gasteiger charge is -2.13. The first-order chi connectivity index (χ1) is 13.8. The SMILES string of the molecule is O=C(O)C(CSc1ccccc1)CS(=O)(=O)c1ccc(-c2ccc(Cl)cc2)cc1. The van der Waals surface area contributed by atoms with Crippen molar-refractivity contribution in [2.45, 2.75) is 9.79 Å². The van der Waals surface area contributed by atoms with Gasteiger partial charge in [0.25, 0.3) is 0 Å². The Balaban J connectivity index is 1.72. The van der Waals surface area contributed by atoms with Crippen LogP contribution in [0.5, 0.6) is 0 Å². The van der Waals surface area contributed by atoms with Gasteiger partial charge in [0.1, 0.15) is 0 Å². The van der Waals surface area contributed by atoms with Gasteiger partial charge >= 0.3 is 5.97 Å². The van der Waals surface area contributed by atoms with Crippen LogP contribution in [-0.4, -0.2) is 31.0 Å². The summed E-state index contributed by atoms with van der Waals surface area (Å²) in [5.41, 5.74) is 1.77. The Morgan fingerprint density at radius 2 is 1.45 bits per heavy atom. The minimum atomic E-state index is -3.73. The quantitative estimate of drug-likeness (QED) is 0.477. The monoisotopic (exact) mass is 446 g/mol. The van der Waals surface area contributed by atoms with Crippen LogP contribution in [0.25, 0.3) is 11.1 Å². The number of hydrogen-bond acceptors (Lipinski definition) is 4. The minimum absolute atomic E-state index is 0.117. The van der Waals surface area contributed by atoms with Gasteiger partial charge in [-0.05, 0) is 47.5 Å². The molecule has 1 unspecified atom stereocenters. The summed E-state index contributed by atoms with van der Waals surface area (Å²) in [5.74, 6) is -2.37. The zero-order chi connectivity index (χ0) is 20.9. The maximum Gasteiger partial charge on any atom is 0.308 e. The second kappa shape index (κ2) is 9.48. The molecule has 1 atom stereocenters. The van der Waals surface area contributed by atoms with Gasteiger partial charge in [0.15, 0.2) is 9.84 Å². The summed E-state index contributed by atoms with van der Waals surface area (Å²) < 4.78 is 25.5. The lowest BCUT2D eigenvalue weighted by atomic mass is 10.1. The third-order valence-electron chi connectivity index (χ3n) is 4.36. The summed E-state index contributed by atoms with van der Waals surface area (Å²) in [4.78, 5) is 12.6. The van der Waals surface area contributed by atoms with Crippen LogP contribution in [-0.2, 0) is 14.6 Å². The largest absolute Gasteiger partial charge is 0.481 e. The van der Waals surface area contributed by atoms with Crippen LogP contribution in [0, 0.1) is 5.92 Å². The first kappa shape index (κ1) is 21.4. The van der Waals surface area contributed by atoms with Crippen LogP contribution in [0.3, 0.4) is 0 Å². The van der Waals surface area contributed by atoms with E-state index in [1.807, 2.05) is 42.5 Å². The van der Waals surface area contributed by atoms with E-state index in [1.165, 1.54) is 23.9 Å². The molecule has 0 bridgehead atoms. The van der Waals surface area contributed by atoms with Gasteiger partial charge in [-0.3, -0.25) is 4.79 Å². The molecule has 0 aliphatic carbocycles. The van der Waals surface area contributed by atoms with Gasteiger partial charge in [0, 0.05) is 15.7 Å². The molecule has 0 saturated heterocycles. The standard InChI is InChI=1S/C22H19ClO4S2/c23-19-10-6-16(7-11-19)17-8-12-21(13-9-17)29(26,27)15-18(22(24)25)14-28-20-4-2-1-3-5-20/h1-13,18H,14-15H2,(H,24,25). The van der Waals surface area contributed by atoms with E-state index in [0.717, 1.165) is 16.0 Å². The number of benzene rings is 3. The van der Waals surface area contributed by atoms with Crippen LogP contribution in [0.15, 0.2) is 88.7 Å². The third-order valence-corrected chi connectivity index (χ3v) is 7.61. The first-order valence-corrected chi connectivity index (χ1v) is 11.9. The molecule has 0 amide bonds. The fourth-order valence-corrected chi connectivity index (χ4v) is 5.57. The lowest BCUT2D eigenvalue weighted by molar-refractivity contribution is -0.140. The lowest BCUT2D eigenvalue weighted by Crippen LogP contribution is -2.26. The molecule has 3 aromatic carbocycles. The molecule has 0 aliphatic heterocycles. The number of sulfone groups is 1. The van der Waals surface area contributed by atoms with Gasteiger partial charge in [-0.25, -0.2) is 8.42 Å². The van der Waals surface area contributed by atoms with Crippen molar-refractivity contribution in [1.82, 2.24) is 0 Å². The molecule has 7 heteroatoms. The van der Waals surface area contributed by atoms with E-state index in [4.69, 9.17) is 11.6 Å². The summed E-state index contributed by atoms with van der Waals surface area (Å²) in [6, 6.07) is 23.0. The molecule has 1 N–H and O–H groups in total. The zero-order valence-corrected chi connectivity index (χ0v) is 17.8. The van der Waals surface area contributed by atoms with Gasteiger partial charge in [-0.1, -0.05) is 54.1 Å². The molecule has 4 nitrogen and oxygen atoms in total. The predicted octanol–water partition coefficient (Wildman–Crippen LogP) is 5.27. The molecule has 0 saturated carbocycles. The highest BCUT2D eigenvalue weighted by Crippen LogP contribution is 2.26. The van der Waals surface area contributed by atoms with E-state index in [9.17, 15) is 18.3 Å². The highest BCUT2D eigenvalue weighted by Gasteiger charge is 2.27. The van der Waals surface area contributed by atoms with Crippen molar-refractivity contribution in [3.63, 3.8) is 0 Å². The fourth-order valence-electron chi connectivity index (χ4n) is 2.76. The molecule has 0 spiro atoms. The Bertz CT molecular complexity index is 1060. The number of hydrogen-bond donors (Lipinski definition) is 1. The van der Waals surface area contributed by atoms with Gasteiger partial charge in [0.2, 0.25) is 0 Å². The topological polar surface area (TPSA) is 71.4 Å². The second-order valence-corrected chi connectivity index (χ2v) is 10.0. The summed E-state index contributed by atoms with van der Waals surface area (Å²) in [6.07, 6.45) is 0. The van der Waals surface area contributed by atoms with Crippen LogP contribution >= 0.6 is 23.4 Å². The van der Waals surface area contributed by atoms with Crippen molar-refractivity contribution in [2.75, 3.05) is 11.5 Å². The maximum atomic E-state index is 12.8. The minimum Gasteiger partial charge on any atom is -0.481 e. The predicted molar refractivity (Wildman–Crippen MR) is 117 cm³/mol. The van der Waals surface area contributed by atoms with E-state index < -0.39 is 27.5 Å². The van der Waals surface area contributed by atoms with E-state index in [2.05, 4.69) is 0 Å². The molecule has 0 fully saturated rings. The average Bonchev–Trinajstić information content (AvgIpc) is 2.72. The highest BCUT2D eigenvalue weighted by molar-refractivity contribution is 7.99. The van der Waals surface area contributed by atoms with Crippen molar-refractivity contribution in [2.24, 2.45) is 5.92 Å². The van der Waals surface area contributed by atoms with Crippen LogP contribution < -0.4 is 0 Å². The van der Waals surface area contributed by atoms with E-state index in [0.29, 0.717) is 5.02 Å². The Labute approximate surface area is 179 Å². The average molecular weight is 447 g/mol. The van der Waals surface area contributed by atoms with Crippen molar-refractivity contribution in [3.8, 4) is 11.1 Å². The number of halogens is 1. The van der Waals surface area contributed by atoms with Crippen molar-refractivity contribution < 1.29 is 18.3 Å². The molecule has 3 aromatic rings. The normalized spacial score (nSPS) is 12.4. The second-order valence-electron chi connectivity index (χ2n) is 6.47. The van der Waals surface area contributed by atoms with Crippen LogP contribution in [0.2, 0.25) is 5.02 Å². The third kappa shape index (κ3) is 5.85. The number of aliphatic carboxylic acids is 1. The van der Waals surface area contributed by atoms with Crippen LogP contribution in [0.1, 0.15) is 0 Å². The fraction of sp³-hybridized carbons (Fsp3) is 0.136. The van der Waals surface area contributed by atoms with Gasteiger partial charge < -0.3 is 5.11 Å². The highest BCUT2D eigenvalue weighted by atomic mass is 35.5. The summed E-state index contributed by atoms with van der Waals surface area (Å²) in [5, 5.41) is 10.1. The van der Waals surface area contributed by atoms with E-state index in [-0.39, 0.29) is 10.6 Å². The van der Waals surface area contributed by atoms with Crippen molar-refractivity contribution >= 4 is 39.2 Å². The molecule has 0 aliphatic rings. The number of carbonyl (C=O) groups is 1. The van der Waals surface area contributed by atoms with Crippen molar-refractivity contribution in [1.29, 1.82) is 0 Å². The molecular formula is C22H19ClO4S2. The molecule has 0 aromatic heterocycles. The Hall–Kier alpha value is -2.28. The number of thioether (sulfide) groups is 1. The summed E-state index contributed by atoms with van der Waals surface area (Å²) in [7, 11) is -3.73. The molecule has 29 heavy (non-hydrogen) atoms. The Kier molecular flexibility index (Phi) is 7.00. The van der Waals surface area contributed by atoms with Gasteiger partial charge in [0.05, 0.1) is 16.6 Å². The smallest absolute Gasteiger partial charge is 0.308 e. The van der Waals surface area contributed by atoms with E-state index in [1.54, 1.807) is 24.3 Å². The van der Waals surface area contributed by atoms with Crippen LogP contribution in [0.4, 0.5) is 0 Å². The summed E-state index contributed by atoms with van der Waals surface area (Å²) >= 11 is 7.23.